The molecule has 6 heteroatoms. The molecule has 21 heavy (non-hydrogen) atoms. The Morgan fingerprint density at radius 3 is 2.43 bits per heavy atom. The molecule has 1 aliphatic rings. The van der Waals surface area contributed by atoms with Gasteiger partial charge in [-0.05, 0) is 65.7 Å². The number of rotatable bonds is 2. The van der Waals surface area contributed by atoms with Gasteiger partial charge in [0.25, 0.3) is 0 Å². The number of oxime groups is 1. The second-order valence-electron chi connectivity index (χ2n) is 4.43. The third-order valence-electron chi connectivity index (χ3n) is 3.07. The van der Waals surface area contributed by atoms with Gasteiger partial charge in [0, 0.05) is 10.6 Å². The minimum absolute atomic E-state index is 0.101. The number of ketones is 1. The fourth-order valence-electron chi connectivity index (χ4n) is 1.66. The second-order valence-corrected chi connectivity index (χ2v) is 5.72. The largest absolute Gasteiger partial charge is 0.365 e. The van der Waals surface area contributed by atoms with E-state index in [1.165, 1.54) is 6.08 Å². The van der Waals surface area contributed by atoms with Crippen molar-refractivity contribution in [1.29, 1.82) is 0 Å². The van der Waals surface area contributed by atoms with Gasteiger partial charge in [0.1, 0.15) is 5.71 Å². The Bertz CT molecular complexity index is 702. The summed E-state index contributed by atoms with van der Waals surface area (Å²) in [5, 5.41) is 4.35. The summed E-state index contributed by atoms with van der Waals surface area (Å²) >= 11 is 8.91. The van der Waals surface area contributed by atoms with E-state index < -0.39 is 5.97 Å². The quantitative estimate of drug-likeness (QED) is 0.449. The Balaban J connectivity index is 2.19. The first-order valence-electron chi connectivity index (χ1n) is 6.05. The number of nitrogens with zero attached hydrogens (tertiary/aromatic N) is 1. The highest BCUT2D eigenvalue weighted by molar-refractivity contribution is 9.12. The van der Waals surface area contributed by atoms with Gasteiger partial charge in [-0.2, -0.15) is 0 Å². The summed E-state index contributed by atoms with van der Waals surface area (Å²) in [6, 6.07) is 6.29. The van der Waals surface area contributed by atoms with Crippen LogP contribution in [0.2, 0.25) is 5.02 Å². The monoisotopic (exact) mass is 367 g/mol. The van der Waals surface area contributed by atoms with Crippen molar-refractivity contribution in [1.82, 2.24) is 0 Å². The van der Waals surface area contributed by atoms with E-state index in [0.29, 0.717) is 31.9 Å². The van der Waals surface area contributed by atoms with E-state index in [1.807, 2.05) is 0 Å². The summed E-state index contributed by atoms with van der Waals surface area (Å²) in [6.07, 6.45) is 1.53. The number of halogens is 2. The maximum Gasteiger partial charge on any atom is 0.365 e. The zero-order valence-electron chi connectivity index (χ0n) is 11.3. The first kappa shape index (κ1) is 15.7. The highest BCUT2D eigenvalue weighted by atomic mass is 79.9. The minimum Gasteiger partial charge on any atom is -0.312 e. The fourth-order valence-corrected chi connectivity index (χ4v) is 2.30. The predicted molar refractivity (Wildman–Crippen MR) is 84.7 cm³/mol. The molecular weight excluding hydrogens is 358 g/mol. The van der Waals surface area contributed by atoms with Crippen LogP contribution in [0.3, 0.4) is 0 Å². The maximum atomic E-state index is 11.8. The Hall–Kier alpha value is -1.72. The number of carbonyl (C=O) groups excluding carboxylic acids is 2. The summed E-state index contributed by atoms with van der Waals surface area (Å²) in [6.45, 7) is 3.45. The second kappa shape index (κ2) is 6.37. The SMILES string of the molecule is CC1=C(C)/C(=N/OC(=O)c2ccc(Cl)cc2)C=C(Br)C1=O. The molecule has 0 bridgehead atoms. The van der Waals surface area contributed by atoms with Crippen molar-refractivity contribution in [3.8, 4) is 0 Å². The summed E-state index contributed by atoms with van der Waals surface area (Å²) in [4.78, 5) is 28.5. The number of hydrogen-bond donors (Lipinski definition) is 0. The molecule has 0 radical (unpaired) electrons. The van der Waals surface area contributed by atoms with Crippen molar-refractivity contribution >= 4 is 45.0 Å². The summed E-state index contributed by atoms with van der Waals surface area (Å²) in [7, 11) is 0. The number of benzene rings is 1. The summed E-state index contributed by atoms with van der Waals surface area (Å²) in [5.41, 5.74) is 2.01. The van der Waals surface area contributed by atoms with E-state index >= 15 is 0 Å². The van der Waals surface area contributed by atoms with E-state index in [4.69, 9.17) is 16.4 Å². The van der Waals surface area contributed by atoms with Crippen molar-refractivity contribution < 1.29 is 14.4 Å². The van der Waals surface area contributed by atoms with Gasteiger partial charge in [-0.1, -0.05) is 16.8 Å². The zero-order chi connectivity index (χ0) is 15.6. The molecule has 0 amide bonds. The summed E-state index contributed by atoms with van der Waals surface area (Å²) in [5.74, 6) is -0.693. The van der Waals surface area contributed by atoms with E-state index in [9.17, 15) is 9.59 Å². The van der Waals surface area contributed by atoms with Crippen LogP contribution in [0.4, 0.5) is 0 Å². The molecule has 1 aliphatic carbocycles. The van der Waals surface area contributed by atoms with Gasteiger partial charge in [-0.3, -0.25) is 4.79 Å². The Kier molecular flexibility index (Phi) is 4.75. The lowest BCUT2D eigenvalue weighted by atomic mass is 9.97. The molecule has 0 N–H and O–H groups in total. The summed E-state index contributed by atoms with van der Waals surface area (Å²) < 4.78 is 0.381. The molecule has 0 saturated carbocycles. The topological polar surface area (TPSA) is 55.7 Å². The average Bonchev–Trinajstić information content (AvgIpc) is 2.48. The molecule has 1 aromatic rings. The lowest BCUT2D eigenvalue weighted by Gasteiger charge is -2.12. The maximum absolute atomic E-state index is 11.8. The van der Waals surface area contributed by atoms with Gasteiger partial charge < -0.3 is 4.84 Å². The third kappa shape index (κ3) is 3.49. The number of carbonyl (C=O) groups is 2. The molecule has 2 rings (SSSR count). The van der Waals surface area contributed by atoms with Crippen molar-refractivity contribution in [2.24, 2.45) is 5.16 Å². The first-order chi connectivity index (χ1) is 9.90. The van der Waals surface area contributed by atoms with Crippen LogP contribution in [0, 0.1) is 0 Å². The number of allylic oxidation sites excluding steroid dienone is 4. The van der Waals surface area contributed by atoms with Gasteiger partial charge in [-0.25, -0.2) is 4.79 Å². The Labute approximate surface area is 135 Å². The van der Waals surface area contributed by atoms with E-state index in [-0.39, 0.29) is 5.78 Å². The standard InChI is InChI=1S/C15H11BrClNO3/c1-8-9(2)14(19)12(16)7-13(8)18-21-15(20)10-3-5-11(17)6-4-10/h3-7H,1-2H3/b18-13+. The minimum atomic E-state index is -0.592. The number of hydrogen-bond acceptors (Lipinski definition) is 4. The highest BCUT2D eigenvalue weighted by Crippen LogP contribution is 2.23. The van der Waals surface area contributed by atoms with Crippen LogP contribution in [0.5, 0.6) is 0 Å². The highest BCUT2D eigenvalue weighted by Gasteiger charge is 2.21. The van der Waals surface area contributed by atoms with E-state index in [2.05, 4.69) is 21.1 Å². The van der Waals surface area contributed by atoms with Crippen molar-refractivity contribution in [3.05, 3.63) is 56.6 Å². The molecule has 108 valence electrons. The molecule has 0 aliphatic heterocycles. The lowest BCUT2D eigenvalue weighted by molar-refractivity contribution is -0.111. The van der Waals surface area contributed by atoms with Gasteiger partial charge in [-0.15, -0.1) is 0 Å². The van der Waals surface area contributed by atoms with Crippen molar-refractivity contribution in [3.63, 3.8) is 0 Å². The van der Waals surface area contributed by atoms with Gasteiger partial charge in [0.2, 0.25) is 0 Å². The Morgan fingerprint density at radius 1 is 1.19 bits per heavy atom. The molecule has 0 atom stereocenters. The van der Waals surface area contributed by atoms with E-state index in [1.54, 1.807) is 38.1 Å². The molecule has 0 saturated heterocycles. The molecule has 0 aromatic heterocycles. The van der Waals surface area contributed by atoms with Crippen LogP contribution >= 0.6 is 27.5 Å². The van der Waals surface area contributed by atoms with E-state index in [0.717, 1.165) is 0 Å². The molecular formula is C15H11BrClNO3. The van der Waals surface area contributed by atoms with Gasteiger partial charge >= 0.3 is 5.97 Å². The predicted octanol–water partition coefficient (Wildman–Crippen LogP) is 4.05. The average molecular weight is 369 g/mol. The number of Topliss-reactive ketones (excluding diaryl/α,β-unsaturated/α-hetero) is 1. The Morgan fingerprint density at radius 2 is 1.81 bits per heavy atom. The lowest BCUT2D eigenvalue weighted by Crippen LogP contribution is -2.15. The molecule has 0 fully saturated rings. The van der Waals surface area contributed by atoms with Crippen LogP contribution in [-0.2, 0) is 9.63 Å². The molecule has 1 aromatic carbocycles. The molecule has 0 heterocycles. The van der Waals surface area contributed by atoms with Gasteiger partial charge in [0.05, 0.1) is 10.0 Å². The van der Waals surface area contributed by atoms with Crippen LogP contribution in [0.15, 0.2) is 51.1 Å². The normalized spacial score (nSPS) is 17.0. The zero-order valence-corrected chi connectivity index (χ0v) is 13.7. The van der Waals surface area contributed by atoms with Crippen LogP contribution in [-0.4, -0.2) is 17.5 Å². The molecule has 0 spiro atoms. The first-order valence-corrected chi connectivity index (χ1v) is 7.22. The fraction of sp³-hybridized carbons (Fsp3) is 0.133. The van der Waals surface area contributed by atoms with Crippen LogP contribution < -0.4 is 0 Å². The third-order valence-corrected chi connectivity index (χ3v) is 3.92. The van der Waals surface area contributed by atoms with Gasteiger partial charge in [0.15, 0.2) is 5.78 Å². The van der Waals surface area contributed by atoms with Crippen LogP contribution in [0.25, 0.3) is 0 Å². The molecule has 0 unspecified atom stereocenters. The molecule has 4 nitrogen and oxygen atoms in total. The smallest absolute Gasteiger partial charge is 0.312 e. The van der Waals surface area contributed by atoms with Crippen molar-refractivity contribution in [2.75, 3.05) is 0 Å². The van der Waals surface area contributed by atoms with Crippen LogP contribution in [0.1, 0.15) is 24.2 Å². The van der Waals surface area contributed by atoms with Crippen molar-refractivity contribution in [2.45, 2.75) is 13.8 Å².